The van der Waals surface area contributed by atoms with E-state index in [0.717, 1.165) is 6.08 Å². The second kappa shape index (κ2) is 6.27. The molecule has 0 bridgehead atoms. The Morgan fingerprint density at radius 2 is 2.23 bits per heavy atom. The number of carbonyl (C=O) groups is 1. The van der Waals surface area contributed by atoms with Crippen molar-refractivity contribution in [3.8, 4) is 0 Å². The van der Waals surface area contributed by atoms with Crippen molar-refractivity contribution in [1.29, 1.82) is 0 Å². The molecule has 0 aromatic carbocycles. The fourth-order valence-electron chi connectivity index (χ4n) is 0.703. The predicted molar refractivity (Wildman–Crippen MR) is 47.6 cm³/mol. The van der Waals surface area contributed by atoms with Gasteiger partial charge in [0.05, 0.1) is 12.2 Å². The molecule has 7 N–H and O–H groups in total. The van der Waals surface area contributed by atoms with Crippen LogP contribution in [0.1, 0.15) is 6.42 Å². The summed E-state index contributed by atoms with van der Waals surface area (Å²) in [6.45, 7) is 0.496. The van der Waals surface area contributed by atoms with E-state index >= 15 is 0 Å². The molecule has 1 amide bonds. The van der Waals surface area contributed by atoms with Gasteiger partial charge in [0.15, 0.2) is 5.88 Å². The summed E-state index contributed by atoms with van der Waals surface area (Å²) in [5, 5.41) is 20.5. The number of aliphatic hydroxyl groups is 2. The molecule has 0 fully saturated rings. The lowest BCUT2D eigenvalue weighted by Crippen LogP contribution is -2.28. The van der Waals surface area contributed by atoms with E-state index < -0.39 is 12.0 Å². The van der Waals surface area contributed by atoms with E-state index in [2.05, 4.69) is 5.32 Å². The first-order valence-corrected chi connectivity index (χ1v) is 3.88. The van der Waals surface area contributed by atoms with Crippen LogP contribution in [0.15, 0.2) is 12.0 Å². The molecule has 0 saturated carbocycles. The molecule has 0 heterocycles. The summed E-state index contributed by atoms with van der Waals surface area (Å²) < 4.78 is 0. The van der Waals surface area contributed by atoms with E-state index in [4.69, 9.17) is 21.7 Å². The Morgan fingerprint density at radius 3 is 2.69 bits per heavy atom. The smallest absolute Gasteiger partial charge is 0.246 e. The highest BCUT2D eigenvalue weighted by Gasteiger charge is 2.02. The van der Waals surface area contributed by atoms with Crippen LogP contribution in [0.4, 0.5) is 0 Å². The topological polar surface area (TPSA) is 122 Å². The lowest BCUT2D eigenvalue weighted by atomic mass is 10.2. The van der Waals surface area contributed by atoms with Gasteiger partial charge in [0.1, 0.15) is 0 Å². The summed E-state index contributed by atoms with van der Waals surface area (Å²) in [6.07, 6.45) is 0.611. The second-order valence-electron chi connectivity index (χ2n) is 2.54. The van der Waals surface area contributed by atoms with Crippen molar-refractivity contribution in [1.82, 2.24) is 5.32 Å². The van der Waals surface area contributed by atoms with Gasteiger partial charge >= 0.3 is 0 Å². The maximum absolute atomic E-state index is 10.2. The summed E-state index contributed by atoms with van der Waals surface area (Å²) in [5.74, 6) is -1.11. The molecular weight excluding hydrogens is 174 g/mol. The molecule has 0 aliphatic rings. The van der Waals surface area contributed by atoms with Crippen LogP contribution >= 0.6 is 0 Å². The molecule has 13 heavy (non-hydrogen) atoms. The highest BCUT2D eigenvalue weighted by molar-refractivity contribution is 5.86. The molecule has 0 aliphatic heterocycles. The Balaban J connectivity index is 3.69. The molecule has 0 aromatic rings. The van der Waals surface area contributed by atoms with Crippen LogP contribution in [0.2, 0.25) is 0 Å². The van der Waals surface area contributed by atoms with E-state index in [1.165, 1.54) is 0 Å². The number of carbonyl (C=O) groups excluding carboxylic acids is 1. The average molecular weight is 189 g/mol. The standard InChI is InChI=1S/C7H15N3O3/c8-2-1-5(11)4-10-7(13)3-6(9)12/h3,5,10-11,13H,1-2,4,8H2,(H2,9,12)/b7-3-/t5-/m1/s1. The van der Waals surface area contributed by atoms with Gasteiger partial charge in [0.2, 0.25) is 5.91 Å². The van der Waals surface area contributed by atoms with Gasteiger partial charge < -0.3 is 27.0 Å². The highest BCUT2D eigenvalue weighted by Crippen LogP contribution is 1.88. The summed E-state index contributed by atoms with van der Waals surface area (Å²) in [6, 6.07) is 0. The van der Waals surface area contributed by atoms with Crippen molar-refractivity contribution in [2.45, 2.75) is 12.5 Å². The molecule has 0 saturated heterocycles. The summed E-state index contributed by atoms with van der Waals surface area (Å²) in [4.78, 5) is 10.2. The SMILES string of the molecule is NCC[C@@H](O)CN/C(O)=C/C(N)=O. The van der Waals surface area contributed by atoms with E-state index in [0.29, 0.717) is 13.0 Å². The van der Waals surface area contributed by atoms with Gasteiger partial charge in [-0.25, -0.2) is 0 Å². The first-order valence-electron chi connectivity index (χ1n) is 3.88. The number of nitrogens with one attached hydrogen (secondary N) is 1. The second-order valence-corrected chi connectivity index (χ2v) is 2.54. The molecule has 0 unspecified atom stereocenters. The van der Waals surface area contributed by atoms with Crippen molar-refractivity contribution in [3.63, 3.8) is 0 Å². The molecule has 76 valence electrons. The zero-order valence-corrected chi connectivity index (χ0v) is 7.23. The molecule has 0 aliphatic carbocycles. The van der Waals surface area contributed by atoms with Crippen LogP contribution in [0, 0.1) is 0 Å². The molecule has 0 rings (SSSR count). The van der Waals surface area contributed by atoms with E-state index in [9.17, 15) is 4.79 Å². The number of nitrogens with two attached hydrogens (primary N) is 2. The first kappa shape index (κ1) is 11.7. The van der Waals surface area contributed by atoms with Crippen molar-refractivity contribution in [3.05, 3.63) is 12.0 Å². The van der Waals surface area contributed by atoms with E-state index in [1.807, 2.05) is 0 Å². The third-order valence-electron chi connectivity index (χ3n) is 1.30. The summed E-state index contributed by atoms with van der Waals surface area (Å²) >= 11 is 0. The minimum atomic E-state index is -0.752. The maximum atomic E-state index is 10.2. The lowest BCUT2D eigenvalue weighted by Gasteiger charge is -2.10. The maximum Gasteiger partial charge on any atom is 0.246 e. The quantitative estimate of drug-likeness (QED) is 0.248. The molecular formula is C7H15N3O3. The van der Waals surface area contributed by atoms with Crippen molar-refractivity contribution >= 4 is 5.91 Å². The predicted octanol–water partition coefficient (Wildman–Crippen LogP) is -1.83. The molecule has 1 atom stereocenters. The Morgan fingerprint density at radius 1 is 1.62 bits per heavy atom. The summed E-state index contributed by atoms with van der Waals surface area (Å²) in [7, 11) is 0. The summed E-state index contributed by atoms with van der Waals surface area (Å²) in [5.41, 5.74) is 9.94. The van der Waals surface area contributed by atoms with Gasteiger partial charge in [-0.15, -0.1) is 0 Å². The highest BCUT2D eigenvalue weighted by atomic mass is 16.3. The van der Waals surface area contributed by atoms with Gasteiger partial charge in [-0.2, -0.15) is 0 Å². The molecule has 6 heteroatoms. The Bertz CT molecular complexity index is 193. The van der Waals surface area contributed by atoms with Crippen LogP contribution in [0.25, 0.3) is 0 Å². The average Bonchev–Trinajstić information content (AvgIpc) is 2.00. The van der Waals surface area contributed by atoms with Crippen LogP contribution in [0.5, 0.6) is 0 Å². The van der Waals surface area contributed by atoms with Crippen LogP contribution < -0.4 is 16.8 Å². The van der Waals surface area contributed by atoms with E-state index in [1.54, 1.807) is 0 Å². The van der Waals surface area contributed by atoms with Crippen molar-refractivity contribution < 1.29 is 15.0 Å². The van der Waals surface area contributed by atoms with Gasteiger partial charge in [0, 0.05) is 6.54 Å². The van der Waals surface area contributed by atoms with Gasteiger partial charge in [-0.3, -0.25) is 4.79 Å². The zero-order valence-electron chi connectivity index (χ0n) is 7.23. The lowest BCUT2D eigenvalue weighted by molar-refractivity contribution is -0.113. The Hall–Kier alpha value is -1.27. The van der Waals surface area contributed by atoms with E-state index in [-0.39, 0.29) is 12.4 Å². The Kier molecular flexibility index (Phi) is 5.66. The minimum Gasteiger partial charge on any atom is -0.495 e. The van der Waals surface area contributed by atoms with Crippen LogP contribution in [-0.4, -0.2) is 35.3 Å². The molecule has 0 spiro atoms. The number of rotatable bonds is 6. The Labute approximate surface area is 76.2 Å². The minimum absolute atomic E-state index is 0.132. The monoisotopic (exact) mass is 189 g/mol. The van der Waals surface area contributed by atoms with Crippen molar-refractivity contribution in [2.75, 3.05) is 13.1 Å². The third kappa shape index (κ3) is 7.10. The molecule has 0 radical (unpaired) electrons. The van der Waals surface area contributed by atoms with Gasteiger partial charge in [-0.05, 0) is 13.0 Å². The van der Waals surface area contributed by atoms with Gasteiger partial charge in [-0.1, -0.05) is 0 Å². The van der Waals surface area contributed by atoms with Crippen LogP contribution in [-0.2, 0) is 4.79 Å². The third-order valence-corrected chi connectivity index (χ3v) is 1.30. The normalized spacial score (nSPS) is 13.8. The van der Waals surface area contributed by atoms with Gasteiger partial charge in [0.25, 0.3) is 0 Å². The fourth-order valence-corrected chi connectivity index (χ4v) is 0.703. The number of primary amides is 1. The largest absolute Gasteiger partial charge is 0.495 e. The number of hydrogen-bond donors (Lipinski definition) is 5. The number of aliphatic hydroxyl groups excluding tert-OH is 2. The number of amides is 1. The number of hydrogen-bond acceptors (Lipinski definition) is 5. The molecule has 6 nitrogen and oxygen atoms in total. The zero-order chi connectivity index (χ0) is 10.3. The van der Waals surface area contributed by atoms with Crippen molar-refractivity contribution in [2.24, 2.45) is 11.5 Å². The van der Waals surface area contributed by atoms with Crippen LogP contribution in [0.3, 0.4) is 0 Å². The molecule has 0 aromatic heterocycles. The first-order chi connectivity index (χ1) is 6.06. The fraction of sp³-hybridized carbons (Fsp3) is 0.571.